The van der Waals surface area contributed by atoms with Crippen LogP contribution in [0.15, 0.2) is 18.2 Å². The van der Waals surface area contributed by atoms with Crippen molar-refractivity contribution in [2.75, 3.05) is 6.61 Å². The fraction of sp³-hybridized carbons (Fsp3) is 0.400. The van der Waals surface area contributed by atoms with Gasteiger partial charge in [-0.1, -0.05) is 0 Å². The minimum absolute atomic E-state index is 0.109. The summed E-state index contributed by atoms with van der Waals surface area (Å²) in [4.78, 5) is 0. The van der Waals surface area contributed by atoms with Crippen molar-refractivity contribution in [2.45, 2.75) is 19.2 Å². The number of hydrogen-bond donors (Lipinski definition) is 1. The molecule has 2 atom stereocenters. The summed E-state index contributed by atoms with van der Waals surface area (Å²) in [5.41, 5.74) is 0.328. The van der Waals surface area contributed by atoms with E-state index in [0.29, 0.717) is 12.2 Å². The summed E-state index contributed by atoms with van der Waals surface area (Å²) in [6.45, 7) is 2.21. The van der Waals surface area contributed by atoms with Gasteiger partial charge in [-0.2, -0.15) is 0 Å². The Bertz CT molecular complexity index is 343. The predicted octanol–water partition coefficient (Wildman–Crippen LogP) is 1.97. The summed E-state index contributed by atoms with van der Waals surface area (Å²) in [6.07, 6.45) is -0.109. The molecular formula is C10H11F2NO. The highest BCUT2D eigenvalue weighted by molar-refractivity contribution is 5.23. The molecule has 1 heterocycles. The molecule has 0 aliphatic carbocycles. The molecule has 2 unspecified atom stereocenters. The Morgan fingerprint density at radius 2 is 2.21 bits per heavy atom. The van der Waals surface area contributed by atoms with Gasteiger partial charge in [0.2, 0.25) is 0 Å². The summed E-state index contributed by atoms with van der Waals surface area (Å²) in [6, 6.07) is 3.20. The molecule has 2 rings (SSSR count). The van der Waals surface area contributed by atoms with Gasteiger partial charge in [0.1, 0.15) is 17.9 Å². The molecule has 1 aliphatic heterocycles. The maximum Gasteiger partial charge on any atom is 0.128 e. The molecule has 0 amide bonds. The SMILES string of the molecule is CC1NC(c2cc(F)ccc2F)CO1. The number of benzene rings is 1. The van der Waals surface area contributed by atoms with Gasteiger partial charge in [0, 0.05) is 5.56 Å². The third kappa shape index (κ3) is 1.76. The number of rotatable bonds is 1. The third-order valence-corrected chi connectivity index (χ3v) is 2.28. The maximum atomic E-state index is 13.3. The second-order valence-corrected chi connectivity index (χ2v) is 3.36. The van der Waals surface area contributed by atoms with Crippen molar-refractivity contribution in [2.24, 2.45) is 0 Å². The largest absolute Gasteiger partial charge is 0.362 e. The van der Waals surface area contributed by atoms with Crippen LogP contribution in [0.25, 0.3) is 0 Å². The van der Waals surface area contributed by atoms with Gasteiger partial charge in [0.15, 0.2) is 0 Å². The zero-order valence-electron chi connectivity index (χ0n) is 7.76. The Labute approximate surface area is 80.9 Å². The number of nitrogens with one attached hydrogen (secondary N) is 1. The molecule has 4 heteroatoms. The molecule has 1 aromatic rings. The lowest BCUT2D eigenvalue weighted by Gasteiger charge is -2.10. The molecule has 1 aromatic carbocycles. The topological polar surface area (TPSA) is 21.3 Å². The Morgan fingerprint density at radius 3 is 2.86 bits per heavy atom. The Hall–Kier alpha value is -1.00. The van der Waals surface area contributed by atoms with Crippen molar-refractivity contribution in [3.8, 4) is 0 Å². The highest BCUT2D eigenvalue weighted by atomic mass is 19.1. The molecule has 0 saturated carbocycles. The van der Waals surface area contributed by atoms with Crippen molar-refractivity contribution in [1.82, 2.24) is 5.32 Å². The molecule has 76 valence electrons. The van der Waals surface area contributed by atoms with Crippen molar-refractivity contribution >= 4 is 0 Å². The van der Waals surface area contributed by atoms with Gasteiger partial charge in [0.25, 0.3) is 0 Å². The normalized spacial score (nSPS) is 26.8. The highest BCUT2D eigenvalue weighted by Crippen LogP contribution is 2.23. The van der Waals surface area contributed by atoms with Gasteiger partial charge in [-0.05, 0) is 25.1 Å². The van der Waals surface area contributed by atoms with Crippen LogP contribution in [0.3, 0.4) is 0 Å². The average Bonchev–Trinajstić information content (AvgIpc) is 2.56. The van der Waals surface area contributed by atoms with Gasteiger partial charge in [-0.15, -0.1) is 0 Å². The summed E-state index contributed by atoms with van der Waals surface area (Å²) >= 11 is 0. The molecular weight excluding hydrogens is 188 g/mol. The van der Waals surface area contributed by atoms with Crippen LogP contribution in [-0.4, -0.2) is 12.8 Å². The highest BCUT2D eigenvalue weighted by Gasteiger charge is 2.24. The molecule has 0 spiro atoms. The van der Waals surface area contributed by atoms with E-state index in [0.717, 1.165) is 12.1 Å². The molecule has 1 N–H and O–H groups in total. The van der Waals surface area contributed by atoms with E-state index in [4.69, 9.17) is 4.74 Å². The first kappa shape index (κ1) is 9.55. The molecule has 14 heavy (non-hydrogen) atoms. The van der Waals surface area contributed by atoms with E-state index >= 15 is 0 Å². The van der Waals surface area contributed by atoms with E-state index in [1.54, 1.807) is 0 Å². The van der Waals surface area contributed by atoms with Gasteiger partial charge in [0.05, 0.1) is 12.6 Å². The Balaban J connectivity index is 2.27. The second-order valence-electron chi connectivity index (χ2n) is 3.36. The van der Waals surface area contributed by atoms with Crippen molar-refractivity contribution in [1.29, 1.82) is 0 Å². The van der Waals surface area contributed by atoms with Crippen LogP contribution in [0.5, 0.6) is 0 Å². The quantitative estimate of drug-likeness (QED) is 0.746. The zero-order valence-corrected chi connectivity index (χ0v) is 7.76. The van der Waals surface area contributed by atoms with E-state index in [-0.39, 0.29) is 12.3 Å². The lowest BCUT2D eigenvalue weighted by atomic mass is 10.1. The molecule has 0 radical (unpaired) electrons. The van der Waals surface area contributed by atoms with Crippen LogP contribution in [-0.2, 0) is 4.74 Å². The molecule has 1 saturated heterocycles. The molecule has 1 aliphatic rings. The van der Waals surface area contributed by atoms with Gasteiger partial charge >= 0.3 is 0 Å². The smallest absolute Gasteiger partial charge is 0.128 e. The minimum atomic E-state index is -0.428. The lowest BCUT2D eigenvalue weighted by molar-refractivity contribution is 0.115. The van der Waals surface area contributed by atoms with Gasteiger partial charge in [-0.3, -0.25) is 5.32 Å². The maximum absolute atomic E-state index is 13.3. The summed E-state index contributed by atoms with van der Waals surface area (Å²) in [7, 11) is 0. The van der Waals surface area contributed by atoms with Crippen molar-refractivity contribution < 1.29 is 13.5 Å². The Kier molecular flexibility index (Phi) is 2.48. The van der Waals surface area contributed by atoms with Crippen LogP contribution in [0.1, 0.15) is 18.5 Å². The summed E-state index contributed by atoms with van der Waals surface area (Å²) < 4.78 is 31.4. The fourth-order valence-corrected chi connectivity index (χ4v) is 1.58. The first-order chi connectivity index (χ1) is 6.66. The minimum Gasteiger partial charge on any atom is -0.362 e. The zero-order chi connectivity index (χ0) is 10.1. The van der Waals surface area contributed by atoms with E-state index in [2.05, 4.69) is 5.32 Å². The second kappa shape index (κ2) is 3.63. The Morgan fingerprint density at radius 1 is 1.43 bits per heavy atom. The standard InChI is InChI=1S/C10H11F2NO/c1-6-13-10(5-14-6)8-4-7(11)2-3-9(8)12/h2-4,6,10,13H,5H2,1H3. The third-order valence-electron chi connectivity index (χ3n) is 2.28. The van der Waals surface area contributed by atoms with Crippen LogP contribution in [0, 0.1) is 11.6 Å². The molecule has 0 bridgehead atoms. The number of ether oxygens (including phenoxy) is 1. The first-order valence-electron chi connectivity index (χ1n) is 4.49. The number of hydrogen-bond acceptors (Lipinski definition) is 2. The van der Waals surface area contributed by atoms with Crippen LogP contribution in [0.2, 0.25) is 0 Å². The molecule has 0 aromatic heterocycles. The van der Waals surface area contributed by atoms with Crippen molar-refractivity contribution in [3.63, 3.8) is 0 Å². The lowest BCUT2D eigenvalue weighted by Crippen LogP contribution is -2.22. The predicted molar refractivity (Wildman–Crippen MR) is 47.6 cm³/mol. The van der Waals surface area contributed by atoms with Crippen LogP contribution < -0.4 is 5.32 Å². The summed E-state index contributed by atoms with van der Waals surface area (Å²) in [5, 5.41) is 3.01. The number of halogens is 2. The summed E-state index contributed by atoms with van der Waals surface area (Å²) in [5.74, 6) is -0.829. The van der Waals surface area contributed by atoms with E-state index in [1.807, 2.05) is 6.92 Å². The van der Waals surface area contributed by atoms with E-state index in [9.17, 15) is 8.78 Å². The molecule has 1 fully saturated rings. The average molecular weight is 199 g/mol. The first-order valence-corrected chi connectivity index (χ1v) is 4.49. The fourth-order valence-electron chi connectivity index (χ4n) is 1.58. The molecule has 2 nitrogen and oxygen atoms in total. The van der Waals surface area contributed by atoms with E-state index < -0.39 is 11.6 Å². The van der Waals surface area contributed by atoms with Gasteiger partial charge in [-0.25, -0.2) is 8.78 Å². The van der Waals surface area contributed by atoms with E-state index in [1.165, 1.54) is 6.07 Å². The van der Waals surface area contributed by atoms with Gasteiger partial charge < -0.3 is 4.74 Å². The van der Waals surface area contributed by atoms with Crippen LogP contribution in [0.4, 0.5) is 8.78 Å². The monoisotopic (exact) mass is 199 g/mol. The van der Waals surface area contributed by atoms with Crippen molar-refractivity contribution in [3.05, 3.63) is 35.4 Å². The van der Waals surface area contributed by atoms with Crippen LogP contribution >= 0.6 is 0 Å².